The lowest BCUT2D eigenvalue weighted by atomic mass is 9.71. The van der Waals surface area contributed by atoms with Gasteiger partial charge >= 0.3 is 5.97 Å². The molecule has 170 valence electrons. The first-order valence-corrected chi connectivity index (χ1v) is 11.2. The first-order valence-electron chi connectivity index (χ1n) is 11.2. The molecule has 0 amide bonds. The summed E-state index contributed by atoms with van der Waals surface area (Å²) >= 11 is 0. The van der Waals surface area contributed by atoms with Gasteiger partial charge in [-0.05, 0) is 79.2 Å². The Morgan fingerprint density at radius 3 is 2.59 bits per heavy atom. The molecule has 5 heterocycles. The number of carbonyl (C=O) groups is 1. The van der Waals surface area contributed by atoms with Crippen molar-refractivity contribution < 1.29 is 14.6 Å². The highest BCUT2D eigenvalue weighted by Crippen LogP contribution is 2.42. The summed E-state index contributed by atoms with van der Waals surface area (Å²) in [5.74, 6) is 0.419. The summed E-state index contributed by atoms with van der Waals surface area (Å²) < 4.78 is 6.67. The molecule has 1 spiro atoms. The van der Waals surface area contributed by atoms with Crippen LogP contribution in [0.25, 0.3) is 5.82 Å². The van der Waals surface area contributed by atoms with Gasteiger partial charge in [0.2, 0.25) is 0 Å². The van der Waals surface area contributed by atoms with Gasteiger partial charge in [0.1, 0.15) is 12.9 Å². The highest BCUT2D eigenvalue weighted by molar-refractivity contribution is 5.90. The maximum Gasteiger partial charge on any atom is 0.335 e. The highest BCUT2D eigenvalue weighted by atomic mass is 16.5. The first kappa shape index (κ1) is 21.0. The van der Waals surface area contributed by atoms with Crippen molar-refractivity contribution in [2.45, 2.75) is 38.7 Å². The minimum absolute atomic E-state index is 0.175. The first-order chi connectivity index (χ1) is 15.5. The van der Waals surface area contributed by atoms with Crippen LogP contribution >= 0.6 is 0 Å². The van der Waals surface area contributed by atoms with Crippen LogP contribution < -0.4 is 0 Å². The molecule has 2 fully saturated rings. The topological polar surface area (TPSA) is 110 Å². The predicted molar refractivity (Wildman–Crippen MR) is 114 cm³/mol. The zero-order valence-electron chi connectivity index (χ0n) is 18.4. The van der Waals surface area contributed by atoms with Gasteiger partial charge in [0.05, 0.1) is 17.4 Å². The summed E-state index contributed by atoms with van der Waals surface area (Å²) in [4.78, 5) is 20.7. The SMILES string of the molecule is CC1=C(N2CCC3(CCN(C[C@H](O)c4ccnc(-n5cnnn5)c4)CC3)CC2)COC1=O. The van der Waals surface area contributed by atoms with Gasteiger partial charge in [0, 0.05) is 25.8 Å². The van der Waals surface area contributed by atoms with Gasteiger partial charge in [-0.3, -0.25) is 0 Å². The molecule has 0 aromatic carbocycles. The molecule has 3 aliphatic rings. The van der Waals surface area contributed by atoms with Crippen molar-refractivity contribution in [1.29, 1.82) is 0 Å². The fourth-order valence-corrected chi connectivity index (χ4v) is 5.14. The molecule has 2 aromatic rings. The van der Waals surface area contributed by atoms with Crippen molar-refractivity contribution in [1.82, 2.24) is 35.0 Å². The van der Waals surface area contributed by atoms with Gasteiger partial charge in [0.25, 0.3) is 0 Å². The van der Waals surface area contributed by atoms with E-state index in [2.05, 4.69) is 30.3 Å². The number of esters is 1. The van der Waals surface area contributed by atoms with Crippen molar-refractivity contribution in [2.24, 2.45) is 5.41 Å². The summed E-state index contributed by atoms with van der Waals surface area (Å²) in [5.41, 5.74) is 3.03. The number of cyclic esters (lactones) is 1. The molecule has 1 atom stereocenters. The minimum Gasteiger partial charge on any atom is -0.456 e. The van der Waals surface area contributed by atoms with Crippen LogP contribution in [0.15, 0.2) is 35.9 Å². The van der Waals surface area contributed by atoms with E-state index in [0.29, 0.717) is 24.4 Å². The molecule has 0 saturated carbocycles. The van der Waals surface area contributed by atoms with Crippen LogP contribution in [-0.4, -0.2) is 85.4 Å². The second kappa shape index (κ2) is 8.59. The van der Waals surface area contributed by atoms with E-state index in [0.717, 1.165) is 68.7 Å². The molecule has 2 saturated heterocycles. The Morgan fingerprint density at radius 1 is 1.19 bits per heavy atom. The molecule has 0 unspecified atom stereocenters. The summed E-state index contributed by atoms with van der Waals surface area (Å²) in [5, 5.41) is 22.0. The molecule has 0 radical (unpaired) electrons. The Balaban J connectivity index is 1.14. The van der Waals surface area contributed by atoms with Crippen molar-refractivity contribution in [3.05, 3.63) is 41.5 Å². The Kier molecular flexibility index (Phi) is 5.64. The molecule has 0 bridgehead atoms. The number of carbonyl (C=O) groups excluding carboxylic acids is 1. The molecule has 1 N–H and O–H groups in total. The molecular formula is C22H29N7O3. The van der Waals surface area contributed by atoms with E-state index in [4.69, 9.17) is 4.74 Å². The van der Waals surface area contributed by atoms with Crippen LogP contribution in [0.2, 0.25) is 0 Å². The molecule has 10 heteroatoms. The fraction of sp³-hybridized carbons (Fsp3) is 0.591. The number of aliphatic hydroxyl groups is 1. The third-order valence-electron chi connectivity index (χ3n) is 7.37. The summed E-state index contributed by atoms with van der Waals surface area (Å²) in [6.45, 7) is 6.86. The highest BCUT2D eigenvalue weighted by Gasteiger charge is 2.39. The average Bonchev–Trinajstić information content (AvgIpc) is 3.47. The van der Waals surface area contributed by atoms with Crippen molar-refractivity contribution in [3.8, 4) is 5.82 Å². The maximum atomic E-state index is 11.7. The van der Waals surface area contributed by atoms with Gasteiger partial charge in [-0.25, -0.2) is 9.78 Å². The molecular weight excluding hydrogens is 410 g/mol. The normalized spacial score (nSPS) is 22.4. The Labute approximate surface area is 186 Å². The van der Waals surface area contributed by atoms with Crippen LogP contribution in [0.3, 0.4) is 0 Å². The van der Waals surface area contributed by atoms with Crippen LogP contribution in [0.5, 0.6) is 0 Å². The summed E-state index contributed by atoms with van der Waals surface area (Å²) in [7, 11) is 0. The monoisotopic (exact) mass is 439 g/mol. The van der Waals surface area contributed by atoms with Crippen LogP contribution in [-0.2, 0) is 9.53 Å². The number of nitrogens with zero attached hydrogens (tertiary/aromatic N) is 7. The second-order valence-electron chi connectivity index (χ2n) is 9.15. The van der Waals surface area contributed by atoms with Gasteiger partial charge in [0.15, 0.2) is 5.82 Å². The van der Waals surface area contributed by atoms with E-state index in [-0.39, 0.29) is 5.97 Å². The van der Waals surface area contributed by atoms with Crippen molar-refractivity contribution >= 4 is 5.97 Å². The van der Waals surface area contributed by atoms with E-state index in [1.165, 1.54) is 11.0 Å². The number of hydrogen-bond acceptors (Lipinski definition) is 9. The zero-order chi connectivity index (χ0) is 22.1. The zero-order valence-corrected chi connectivity index (χ0v) is 18.4. The molecule has 2 aromatic heterocycles. The summed E-state index contributed by atoms with van der Waals surface area (Å²) in [6, 6.07) is 3.67. The van der Waals surface area contributed by atoms with Crippen LogP contribution in [0.1, 0.15) is 44.3 Å². The van der Waals surface area contributed by atoms with Gasteiger partial charge < -0.3 is 19.6 Å². The minimum atomic E-state index is -0.584. The number of pyridine rings is 1. The molecule has 3 aliphatic heterocycles. The van der Waals surface area contributed by atoms with E-state index >= 15 is 0 Å². The fourth-order valence-electron chi connectivity index (χ4n) is 5.14. The van der Waals surface area contributed by atoms with Gasteiger partial charge in [-0.1, -0.05) is 0 Å². The lowest BCUT2D eigenvalue weighted by Crippen LogP contribution is -2.47. The third-order valence-corrected chi connectivity index (χ3v) is 7.37. The van der Waals surface area contributed by atoms with E-state index in [9.17, 15) is 9.90 Å². The maximum absolute atomic E-state index is 11.7. The van der Waals surface area contributed by atoms with Gasteiger partial charge in [-0.2, -0.15) is 4.68 Å². The Bertz CT molecular complexity index is 989. The Hall–Kier alpha value is -2.85. The number of aromatic nitrogens is 5. The van der Waals surface area contributed by atoms with Crippen LogP contribution in [0, 0.1) is 5.41 Å². The lowest BCUT2D eigenvalue weighted by Gasteiger charge is -2.47. The molecule has 32 heavy (non-hydrogen) atoms. The number of likely N-dealkylation sites (tertiary alicyclic amines) is 2. The van der Waals surface area contributed by atoms with Crippen LogP contribution in [0.4, 0.5) is 0 Å². The predicted octanol–water partition coefficient (Wildman–Crippen LogP) is 1.10. The Morgan fingerprint density at radius 2 is 1.94 bits per heavy atom. The lowest BCUT2D eigenvalue weighted by molar-refractivity contribution is -0.136. The van der Waals surface area contributed by atoms with Crippen molar-refractivity contribution in [3.63, 3.8) is 0 Å². The number of hydrogen-bond donors (Lipinski definition) is 1. The van der Waals surface area contributed by atoms with Gasteiger partial charge in [-0.15, -0.1) is 5.10 Å². The summed E-state index contributed by atoms with van der Waals surface area (Å²) in [6.07, 6.45) is 7.17. The number of tetrazole rings is 1. The van der Waals surface area contributed by atoms with Crippen molar-refractivity contribution in [2.75, 3.05) is 39.3 Å². The van der Waals surface area contributed by atoms with E-state index < -0.39 is 6.10 Å². The van der Waals surface area contributed by atoms with E-state index in [1.54, 1.807) is 6.20 Å². The average molecular weight is 440 g/mol. The number of ether oxygens (including phenoxy) is 1. The molecule has 0 aliphatic carbocycles. The molecule has 10 nitrogen and oxygen atoms in total. The number of aliphatic hydroxyl groups excluding tert-OH is 1. The second-order valence-corrected chi connectivity index (χ2v) is 9.15. The number of piperidine rings is 2. The third kappa shape index (κ3) is 4.12. The standard InChI is InChI=1S/C22H29N7O3/c1-16-18(14-32-21(16)31)28-10-5-22(6-11-28)3-8-27(9-4-22)13-19(30)17-2-7-23-20(12-17)29-15-24-25-26-29/h2,7,12,15,19,30H,3-6,8-11,13-14H2,1H3/t19-/m0/s1. The van der Waals surface area contributed by atoms with E-state index in [1.807, 2.05) is 19.1 Å². The number of rotatable bonds is 5. The largest absolute Gasteiger partial charge is 0.456 e. The number of β-amino-alcohol motifs (C(OH)–C–C–N with tert-alkyl or cyclic N) is 1. The molecule has 5 rings (SSSR count). The smallest absolute Gasteiger partial charge is 0.335 e. The quantitative estimate of drug-likeness (QED) is 0.685.